The minimum atomic E-state index is 0.787. The number of nitrogens with one attached hydrogen (secondary N) is 1. The van der Waals surface area contributed by atoms with E-state index in [9.17, 15) is 0 Å². The zero-order valence-corrected chi connectivity index (χ0v) is 11.8. The van der Waals surface area contributed by atoms with Gasteiger partial charge < -0.3 is 10.1 Å². The number of ether oxygens (including phenoxy) is 1. The van der Waals surface area contributed by atoms with Crippen molar-refractivity contribution in [1.82, 2.24) is 5.32 Å². The number of hydrogen-bond acceptors (Lipinski definition) is 2. The van der Waals surface area contributed by atoms with Crippen molar-refractivity contribution in [2.45, 2.75) is 13.0 Å². The lowest BCUT2D eigenvalue weighted by atomic mass is 10.1. The van der Waals surface area contributed by atoms with E-state index in [2.05, 4.69) is 29.6 Å². The molecular weight excluding hydrogens is 258 g/mol. The summed E-state index contributed by atoms with van der Waals surface area (Å²) < 4.78 is 5.13. The van der Waals surface area contributed by atoms with Crippen LogP contribution >= 0.6 is 11.6 Å². The molecule has 0 aliphatic heterocycles. The molecule has 0 amide bonds. The molecule has 3 heteroatoms. The topological polar surface area (TPSA) is 21.3 Å². The highest BCUT2D eigenvalue weighted by atomic mass is 35.5. The summed E-state index contributed by atoms with van der Waals surface area (Å²) in [5.41, 5.74) is 2.56. The number of benzene rings is 2. The number of halogens is 1. The Morgan fingerprint density at radius 3 is 2.21 bits per heavy atom. The molecule has 0 atom stereocenters. The van der Waals surface area contributed by atoms with Gasteiger partial charge in [-0.05, 0) is 48.4 Å². The second kappa shape index (κ2) is 7.17. The smallest absolute Gasteiger partial charge is 0.118 e. The summed E-state index contributed by atoms with van der Waals surface area (Å²) in [5.74, 6) is 0.893. The maximum Gasteiger partial charge on any atom is 0.118 e. The molecule has 1 N–H and O–H groups in total. The van der Waals surface area contributed by atoms with E-state index in [4.69, 9.17) is 16.3 Å². The summed E-state index contributed by atoms with van der Waals surface area (Å²) in [6.45, 7) is 1.82. The van der Waals surface area contributed by atoms with Crippen LogP contribution in [0.4, 0.5) is 0 Å². The molecule has 0 radical (unpaired) electrons. The molecule has 0 saturated carbocycles. The van der Waals surface area contributed by atoms with Crippen LogP contribution in [0.3, 0.4) is 0 Å². The van der Waals surface area contributed by atoms with Crippen LogP contribution < -0.4 is 10.1 Å². The van der Waals surface area contributed by atoms with Crippen LogP contribution in [0.1, 0.15) is 11.1 Å². The first kappa shape index (κ1) is 13.9. The van der Waals surface area contributed by atoms with Crippen LogP contribution in [0.2, 0.25) is 5.02 Å². The molecular formula is C16H18ClNO. The molecule has 2 aromatic carbocycles. The highest BCUT2D eigenvalue weighted by Gasteiger charge is 1.96. The molecule has 0 unspecified atom stereocenters. The van der Waals surface area contributed by atoms with E-state index in [1.165, 1.54) is 11.1 Å². The Morgan fingerprint density at radius 1 is 0.947 bits per heavy atom. The second-order valence-electron chi connectivity index (χ2n) is 4.40. The van der Waals surface area contributed by atoms with Crippen LogP contribution in [-0.2, 0) is 13.0 Å². The monoisotopic (exact) mass is 275 g/mol. The Bertz CT molecular complexity index is 493. The fraction of sp³-hybridized carbons (Fsp3) is 0.250. The Balaban J connectivity index is 1.72. The van der Waals surface area contributed by atoms with E-state index < -0.39 is 0 Å². The average molecular weight is 276 g/mol. The Kier molecular flexibility index (Phi) is 5.25. The first-order valence-electron chi connectivity index (χ1n) is 6.36. The van der Waals surface area contributed by atoms with Gasteiger partial charge in [0.15, 0.2) is 0 Å². The van der Waals surface area contributed by atoms with Gasteiger partial charge in [-0.25, -0.2) is 0 Å². The van der Waals surface area contributed by atoms with Crippen molar-refractivity contribution in [2.24, 2.45) is 0 Å². The minimum absolute atomic E-state index is 0.787. The molecule has 0 fully saturated rings. The van der Waals surface area contributed by atoms with Crippen molar-refractivity contribution in [3.8, 4) is 5.75 Å². The molecule has 0 spiro atoms. The van der Waals surface area contributed by atoms with E-state index >= 15 is 0 Å². The third-order valence-electron chi connectivity index (χ3n) is 2.99. The Labute approximate surface area is 119 Å². The minimum Gasteiger partial charge on any atom is -0.497 e. The molecule has 0 aromatic heterocycles. The molecule has 19 heavy (non-hydrogen) atoms. The second-order valence-corrected chi connectivity index (χ2v) is 4.84. The first-order valence-corrected chi connectivity index (χ1v) is 6.74. The lowest BCUT2D eigenvalue weighted by Crippen LogP contribution is -2.16. The third-order valence-corrected chi connectivity index (χ3v) is 3.24. The van der Waals surface area contributed by atoms with Crippen molar-refractivity contribution in [3.63, 3.8) is 0 Å². The van der Waals surface area contributed by atoms with Crippen LogP contribution in [-0.4, -0.2) is 13.7 Å². The summed E-state index contributed by atoms with van der Waals surface area (Å²) in [7, 11) is 1.68. The summed E-state index contributed by atoms with van der Waals surface area (Å²) in [6.07, 6.45) is 1.01. The van der Waals surface area contributed by atoms with Crippen LogP contribution in [0.5, 0.6) is 5.75 Å². The van der Waals surface area contributed by atoms with Crippen molar-refractivity contribution in [1.29, 1.82) is 0 Å². The van der Waals surface area contributed by atoms with E-state index in [0.29, 0.717) is 0 Å². The summed E-state index contributed by atoms with van der Waals surface area (Å²) in [6, 6.07) is 16.1. The van der Waals surface area contributed by atoms with E-state index in [1.54, 1.807) is 7.11 Å². The fourth-order valence-corrected chi connectivity index (χ4v) is 1.99. The van der Waals surface area contributed by atoms with Crippen LogP contribution in [0.15, 0.2) is 48.5 Å². The Morgan fingerprint density at radius 2 is 1.58 bits per heavy atom. The zero-order chi connectivity index (χ0) is 13.5. The third kappa shape index (κ3) is 4.58. The van der Waals surface area contributed by atoms with Gasteiger partial charge in [0.1, 0.15) is 5.75 Å². The highest BCUT2D eigenvalue weighted by Crippen LogP contribution is 2.11. The molecule has 100 valence electrons. The van der Waals surface area contributed by atoms with Gasteiger partial charge in [-0.3, -0.25) is 0 Å². The molecule has 0 saturated heterocycles. The first-order chi connectivity index (χ1) is 9.28. The predicted molar refractivity (Wildman–Crippen MR) is 79.9 cm³/mol. The average Bonchev–Trinajstić information content (AvgIpc) is 2.46. The fourth-order valence-electron chi connectivity index (χ4n) is 1.86. The quantitative estimate of drug-likeness (QED) is 0.812. The largest absolute Gasteiger partial charge is 0.497 e. The molecule has 2 nitrogen and oxygen atoms in total. The standard InChI is InChI=1S/C16H18ClNO/c1-19-16-8-4-14(5-9-16)12-18-11-10-13-2-6-15(17)7-3-13/h2-9,18H,10-12H2,1H3. The van der Waals surface area contributed by atoms with Crippen LogP contribution in [0, 0.1) is 0 Å². The van der Waals surface area contributed by atoms with Gasteiger partial charge in [-0.15, -0.1) is 0 Å². The summed E-state index contributed by atoms with van der Waals surface area (Å²) >= 11 is 5.85. The van der Waals surface area contributed by atoms with E-state index in [-0.39, 0.29) is 0 Å². The molecule has 0 bridgehead atoms. The molecule has 0 aliphatic carbocycles. The SMILES string of the molecule is COc1ccc(CNCCc2ccc(Cl)cc2)cc1. The van der Waals surface area contributed by atoms with Crippen molar-refractivity contribution in [2.75, 3.05) is 13.7 Å². The van der Waals surface area contributed by atoms with E-state index in [0.717, 1.165) is 30.3 Å². The number of rotatable bonds is 6. The lowest BCUT2D eigenvalue weighted by molar-refractivity contribution is 0.414. The van der Waals surface area contributed by atoms with Crippen molar-refractivity contribution in [3.05, 3.63) is 64.7 Å². The number of methoxy groups -OCH3 is 1. The maximum atomic E-state index is 5.85. The zero-order valence-electron chi connectivity index (χ0n) is 11.0. The van der Waals surface area contributed by atoms with Gasteiger partial charge in [0, 0.05) is 11.6 Å². The molecule has 0 aliphatic rings. The lowest BCUT2D eigenvalue weighted by Gasteiger charge is -2.06. The van der Waals surface area contributed by atoms with Gasteiger partial charge in [-0.1, -0.05) is 35.9 Å². The normalized spacial score (nSPS) is 10.4. The maximum absolute atomic E-state index is 5.85. The van der Waals surface area contributed by atoms with Gasteiger partial charge in [-0.2, -0.15) is 0 Å². The van der Waals surface area contributed by atoms with Gasteiger partial charge in [0.2, 0.25) is 0 Å². The van der Waals surface area contributed by atoms with Crippen molar-refractivity contribution >= 4 is 11.6 Å². The van der Waals surface area contributed by atoms with Gasteiger partial charge >= 0.3 is 0 Å². The highest BCUT2D eigenvalue weighted by molar-refractivity contribution is 6.30. The molecule has 0 heterocycles. The van der Waals surface area contributed by atoms with Crippen molar-refractivity contribution < 1.29 is 4.74 Å². The predicted octanol–water partition coefficient (Wildman–Crippen LogP) is 3.68. The van der Waals surface area contributed by atoms with Gasteiger partial charge in [0.05, 0.1) is 7.11 Å². The summed E-state index contributed by atoms with van der Waals surface area (Å²) in [4.78, 5) is 0. The molecule has 2 aromatic rings. The van der Waals surface area contributed by atoms with Crippen LogP contribution in [0.25, 0.3) is 0 Å². The molecule has 2 rings (SSSR count). The number of hydrogen-bond donors (Lipinski definition) is 1. The van der Waals surface area contributed by atoms with E-state index in [1.807, 2.05) is 24.3 Å². The summed E-state index contributed by atoms with van der Waals surface area (Å²) in [5, 5.41) is 4.22. The van der Waals surface area contributed by atoms with Gasteiger partial charge in [0.25, 0.3) is 0 Å². The Hall–Kier alpha value is -1.51.